The van der Waals surface area contributed by atoms with E-state index in [0.29, 0.717) is 52.3 Å². The number of nitrogens with two attached hydrogens (primary N) is 1. The molecule has 39 heavy (non-hydrogen) atoms. The lowest BCUT2D eigenvalue weighted by atomic mass is 9.93. The molecular formula is C25H45F2N9O3. The zero-order valence-electron chi connectivity index (χ0n) is 23.1. The quantitative estimate of drug-likeness (QED) is 0.237. The second-order valence-electron chi connectivity index (χ2n) is 11.8. The van der Waals surface area contributed by atoms with Crippen LogP contribution in [0.4, 0.5) is 8.78 Å². The van der Waals surface area contributed by atoms with E-state index in [1.165, 1.54) is 0 Å². The van der Waals surface area contributed by atoms with Crippen molar-refractivity contribution in [2.75, 3.05) is 79.1 Å². The Kier molecular flexibility index (Phi) is 9.03. The Morgan fingerprint density at radius 2 is 1.95 bits per heavy atom. The molecule has 2 amide bonds. The Morgan fingerprint density at radius 1 is 1.18 bits per heavy atom. The van der Waals surface area contributed by atoms with Crippen molar-refractivity contribution in [2.24, 2.45) is 11.7 Å². The van der Waals surface area contributed by atoms with Crippen molar-refractivity contribution in [2.45, 2.75) is 62.1 Å². The third-order valence-corrected chi connectivity index (χ3v) is 8.87. The van der Waals surface area contributed by atoms with Crippen molar-refractivity contribution in [1.29, 1.82) is 0 Å². The minimum Gasteiger partial charge on any atom is -0.366 e. The summed E-state index contributed by atoms with van der Waals surface area (Å²) in [6, 6.07) is -0.988. The Balaban J connectivity index is 1.19. The summed E-state index contributed by atoms with van der Waals surface area (Å²) in [6.07, 6.45) is -1.61. The van der Waals surface area contributed by atoms with Gasteiger partial charge in [-0.1, -0.05) is 13.3 Å². The molecule has 5 fully saturated rings. The summed E-state index contributed by atoms with van der Waals surface area (Å²) in [7, 11) is 1.98. The molecule has 14 heteroatoms. The number of amides is 2. The summed E-state index contributed by atoms with van der Waals surface area (Å²) in [5.74, 6) is -0.952. The molecule has 0 aromatic heterocycles. The second kappa shape index (κ2) is 12.1. The zero-order chi connectivity index (χ0) is 27.7. The molecule has 0 aromatic carbocycles. The summed E-state index contributed by atoms with van der Waals surface area (Å²) in [4.78, 5) is 32.4. The van der Waals surface area contributed by atoms with Crippen molar-refractivity contribution in [3.8, 4) is 0 Å². The van der Waals surface area contributed by atoms with Gasteiger partial charge in [0.15, 0.2) is 0 Å². The van der Waals surface area contributed by atoms with E-state index in [-0.39, 0.29) is 31.4 Å². The predicted molar refractivity (Wildman–Crippen MR) is 141 cm³/mol. The molecule has 5 rings (SSSR count). The van der Waals surface area contributed by atoms with Crippen LogP contribution in [0, 0.1) is 5.92 Å². The number of piperidine rings is 1. The van der Waals surface area contributed by atoms with Crippen molar-refractivity contribution in [3.63, 3.8) is 0 Å². The number of carbonyl (C=O) groups is 2. The number of nitrogens with one attached hydrogen (secondary N) is 4. The zero-order valence-corrected chi connectivity index (χ0v) is 23.1. The number of hydrogen-bond donors (Lipinski definition) is 5. The number of piperazine rings is 1. The number of carbonyl (C=O) groups excluding carboxylic acids is 2. The van der Waals surface area contributed by atoms with Gasteiger partial charge in [-0.2, -0.15) is 0 Å². The molecule has 8 unspecified atom stereocenters. The van der Waals surface area contributed by atoms with Crippen LogP contribution in [0.1, 0.15) is 19.8 Å². The number of alkyl halides is 2. The van der Waals surface area contributed by atoms with Crippen molar-refractivity contribution < 1.29 is 23.1 Å². The average molecular weight is 558 g/mol. The van der Waals surface area contributed by atoms with Crippen LogP contribution in [0.25, 0.3) is 0 Å². The van der Waals surface area contributed by atoms with Gasteiger partial charge in [-0.15, -0.1) is 0 Å². The molecule has 12 nitrogen and oxygen atoms in total. The third-order valence-electron chi connectivity index (χ3n) is 8.87. The average Bonchev–Trinajstić information content (AvgIpc) is 3.23. The predicted octanol–water partition coefficient (Wildman–Crippen LogP) is -2.59. The third kappa shape index (κ3) is 6.22. The number of halogens is 2. The van der Waals surface area contributed by atoms with E-state index in [1.807, 2.05) is 18.9 Å². The van der Waals surface area contributed by atoms with E-state index < -0.39 is 48.3 Å². The summed E-state index contributed by atoms with van der Waals surface area (Å²) < 4.78 is 36.2. The van der Waals surface area contributed by atoms with E-state index in [9.17, 15) is 9.59 Å². The van der Waals surface area contributed by atoms with Gasteiger partial charge in [0.1, 0.15) is 17.9 Å². The monoisotopic (exact) mass is 557 g/mol. The summed E-state index contributed by atoms with van der Waals surface area (Å²) in [5.41, 5.74) is 7.98. The van der Waals surface area contributed by atoms with Crippen LogP contribution < -0.4 is 27.1 Å². The minimum atomic E-state index is -1.38. The molecule has 5 aliphatic heterocycles. The summed E-state index contributed by atoms with van der Waals surface area (Å²) >= 11 is 0. The largest absolute Gasteiger partial charge is 0.366 e. The van der Waals surface area contributed by atoms with E-state index in [1.54, 1.807) is 9.91 Å². The van der Waals surface area contributed by atoms with Gasteiger partial charge in [-0.3, -0.25) is 19.8 Å². The van der Waals surface area contributed by atoms with Gasteiger partial charge < -0.3 is 30.9 Å². The van der Waals surface area contributed by atoms with Gasteiger partial charge in [0.25, 0.3) is 5.91 Å². The highest BCUT2D eigenvalue weighted by molar-refractivity contribution is 5.81. The number of hydrogen-bond acceptors (Lipinski definition) is 10. The molecular weight excluding hydrogens is 512 g/mol. The molecule has 0 radical (unpaired) electrons. The molecule has 5 heterocycles. The SMILES string of the molecule is CCCC1(F)CNC2C(C(=O)NC3CNCC(F)C3N3CCN(C(=O)C4CN(C)CCO4)CC3)C(N)NN2C1. The van der Waals surface area contributed by atoms with Crippen molar-refractivity contribution in [3.05, 3.63) is 0 Å². The Hall–Kier alpha value is -1.52. The van der Waals surface area contributed by atoms with E-state index in [4.69, 9.17) is 10.5 Å². The lowest BCUT2D eigenvalue weighted by Gasteiger charge is -2.46. The van der Waals surface area contributed by atoms with Crippen molar-refractivity contribution >= 4 is 11.8 Å². The van der Waals surface area contributed by atoms with Crippen LogP contribution in [0.2, 0.25) is 0 Å². The van der Waals surface area contributed by atoms with Gasteiger partial charge in [0.05, 0.1) is 43.5 Å². The highest BCUT2D eigenvalue weighted by atomic mass is 19.1. The molecule has 0 saturated carbocycles. The van der Waals surface area contributed by atoms with Crippen LogP contribution in [0.15, 0.2) is 0 Å². The van der Waals surface area contributed by atoms with Gasteiger partial charge >= 0.3 is 0 Å². The summed E-state index contributed by atoms with van der Waals surface area (Å²) in [6.45, 7) is 6.82. The molecule has 5 aliphatic rings. The molecule has 5 saturated heterocycles. The smallest absolute Gasteiger partial charge is 0.253 e. The molecule has 0 bridgehead atoms. The van der Waals surface area contributed by atoms with E-state index in [0.717, 1.165) is 13.0 Å². The number of morpholine rings is 1. The first-order valence-electron chi connectivity index (χ1n) is 14.4. The van der Waals surface area contributed by atoms with Crippen LogP contribution in [-0.4, -0.2) is 153 Å². The normalized spacial score (nSPS) is 40.8. The van der Waals surface area contributed by atoms with Crippen LogP contribution in [0.5, 0.6) is 0 Å². The minimum absolute atomic E-state index is 0.0170. The van der Waals surface area contributed by atoms with Gasteiger partial charge in [-0.25, -0.2) is 19.2 Å². The topological polar surface area (TPSA) is 130 Å². The Bertz CT molecular complexity index is 882. The number of nitrogens with zero attached hydrogens (tertiary/aromatic N) is 4. The summed E-state index contributed by atoms with van der Waals surface area (Å²) in [5, 5.41) is 11.0. The number of likely N-dealkylation sites (N-methyl/N-ethyl adjacent to an activating group) is 1. The number of hydrazine groups is 1. The fourth-order valence-electron chi connectivity index (χ4n) is 6.83. The van der Waals surface area contributed by atoms with Crippen molar-refractivity contribution in [1.82, 2.24) is 41.1 Å². The van der Waals surface area contributed by atoms with Crippen LogP contribution >= 0.6 is 0 Å². The van der Waals surface area contributed by atoms with Gasteiger partial charge in [-0.05, 0) is 13.5 Å². The Morgan fingerprint density at radius 3 is 2.67 bits per heavy atom. The fourth-order valence-corrected chi connectivity index (χ4v) is 6.83. The second-order valence-corrected chi connectivity index (χ2v) is 11.8. The van der Waals surface area contributed by atoms with Crippen LogP contribution in [0.3, 0.4) is 0 Å². The first-order chi connectivity index (χ1) is 18.7. The standard InChI is InChI=1S/C25H45F2N9O3/c1-3-4-25(27)14-30-22-19(21(28)32-36(22)15-25)23(37)31-17-12-29-11-16(26)20(17)34-5-7-35(8-6-34)24(38)18-13-33(2)9-10-39-18/h16-22,29-30,32H,3-15,28H2,1-2H3,(H,31,37). The number of rotatable bonds is 6. The maximum atomic E-state index is 15.3. The van der Waals surface area contributed by atoms with Gasteiger partial charge in [0.2, 0.25) is 5.91 Å². The first kappa shape index (κ1) is 29.0. The van der Waals surface area contributed by atoms with E-state index >= 15 is 8.78 Å². The van der Waals surface area contributed by atoms with Gasteiger partial charge in [0, 0.05) is 58.9 Å². The molecule has 6 N–H and O–H groups in total. The van der Waals surface area contributed by atoms with E-state index in [2.05, 4.69) is 26.3 Å². The molecule has 0 aliphatic carbocycles. The lowest BCUT2D eigenvalue weighted by molar-refractivity contribution is -0.151. The maximum absolute atomic E-state index is 15.3. The highest BCUT2D eigenvalue weighted by Gasteiger charge is 2.51. The lowest BCUT2D eigenvalue weighted by Crippen LogP contribution is -2.69. The molecule has 0 aromatic rings. The molecule has 0 spiro atoms. The number of ether oxygens (including phenoxy) is 1. The number of fused-ring (bicyclic) bond motifs is 1. The molecule has 8 atom stereocenters. The molecule has 222 valence electrons. The first-order valence-corrected chi connectivity index (χ1v) is 14.4. The highest BCUT2D eigenvalue weighted by Crippen LogP contribution is 2.30. The fraction of sp³-hybridized carbons (Fsp3) is 0.920. The van der Waals surface area contributed by atoms with Crippen LogP contribution in [-0.2, 0) is 14.3 Å². The maximum Gasteiger partial charge on any atom is 0.253 e. The Labute approximate surface area is 229 Å².